The van der Waals surface area contributed by atoms with Crippen LogP contribution in [-0.2, 0) is 0 Å². The van der Waals surface area contributed by atoms with Crippen molar-refractivity contribution in [3.63, 3.8) is 0 Å². The normalized spacial score (nSPS) is 11.0. The Morgan fingerprint density at radius 2 is 1.56 bits per heavy atom. The van der Waals surface area contributed by atoms with E-state index in [0.29, 0.717) is 50.1 Å². The van der Waals surface area contributed by atoms with Crippen LogP contribution in [0.4, 0.5) is 5.69 Å². The van der Waals surface area contributed by atoms with Crippen molar-refractivity contribution in [3.8, 4) is 17.0 Å². The van der Waals surface area contributed by atoms with Crippen molar-refractivity contribution in [1.82, 2.24) is 4.98 Å². The number of ketones is 1. The number of carbonyl (C=O) groups is 2. The lowest BCUT2D eigenvalue weighted by atomic mass is 10.0. The number of fused-ring (bicyclic) bond motifs is 2. The van der Waals surface area contributed by atoms with Crippen molar-refractivity contribution in [2.45, 2.75) is 6.92 Å². The van der Waals surface area contributed by atoms with Gasteiger partial charge in [0.05, 0.1) is 29.6 Å². The average Bonchev–Trinajstić information content (AvgIpc) is 3.34. The van der Waals surface area contributed by atoms with Crippen molar-refractivity contribution in [2.75, 3.05) is 12.4 Å². The lowest BCUT2D eigenvalue weighted by Crippen LogP contribution is -2.15. The van der Waals surface area contributed by atoms with Crippen LogP contribution in [0.5, 0.6) is 5.75 Å². The summed E-state index contributed by atoms with van der Waals surface area (Å²) in [7, 11) is 1.61. The number of hydrogen-bond acceptors (Lipinski definition) is 5. The monoisotopic (exact) mass is 512 g/mol. The molecule has 0 spiro atoms. The maximum absolute atomic E-state index is 13.9. The summed E-state index contributed by atoms with van der Waals surface area (Å²) in [6.45, 7) is 1.96. The number of nitrogens with one attached hydrogen (secondary N) is 1. The van der Waals surface area contributed by atoms with Crippen LogP contribution in [-0.4, -0.2) is 23.8 Å². The van der Waals surface area contributed by atoms with E-state index in [-0.39, 0.29) is 17.5 Å². The highest BCUT2D eigenvalue weighted by atomic mass is 16.5. The molecule has 2 heterocycles. The molecule has 0 atom stereocenters. The largest absolute Gasteiger partial charge is 0.497 e. The third-order valence-electron chi connectivity index (χ3n) is 6.68. The van der Waals surface area contributed by atoms with Gasteiger partial charge in [0.15, 0.2) is 5.76 Å². The number of methoxy groups -OCH3 is 1. The maximum Gasteiger partial charge on any atom is 0.256 e. The summed E-state index contributed by atoms with van der Waals surface area (Å²) >= 11 is 0. The minimum absolute atomic E-state index is 0.0831. The van der Waals surface area contributed by atoms with Crippen molar-refractivity contribution in [1.29, 1.82) is 0 Å². The van der Waals surface area contributed by atoms with E-state index in [1.54, 1.807) is 31.4 Å². The van der Waals surface area contributed by atoms with Gasteiger partial charge in [0.1, 0.15) is 11.3 Å². The van der Waals surface area contributed by atoms with Gasteiger partial charge >= 0.3 is 0 Å². The van der Waals surface area contributed by atoms with E-state index in [1.807, 2.05) is 85.8 Å². The Hall–Kier alpha value is -5.23. The molecule has 0 aliphatic heterocycles. The van der Waals surface area contributed by atoms with Crippen LogP contribution in [0.1, 0.15) is 32.0 Å². The Morgan fingerprint density at radius 1 is 0.821 bits per heavy atom. The summed E-state index contributed by atoms with van der Waals surface area (Å²) in [5.74, 6) is 0.0952. The molecule has 6 heteroatoms. The maximum atomic E-state index is 13.9. The Bertz CT molecular complexity index is 1870. The number of nitrogens with zero attached hydrogens (tertiary/aromatic N) is 1. The van der Waals surface area contributed by atoms with Crippen molar-refractivity contribution in [3.05, 3.63) is 126 Å². The topological polar surface area (TPSA) is 81.4 Å². The zero-order chi connectivity index (χ0) is 26.9. The highest BCUT2D eigenvalue weighted by Crippen LogP contribution is 2.34. The van der Waals surface area contributed by atoms with Crippen LogP contribution in [0.15, 0.2) is 108 Å². The Morgan fingerprint density at radius 3 is 2.36 bits per heavy atom. The molecule has 190 valence electrons. The van der Waals surface area contributed by atoms with E-state index >= 15 is 0 Å². The molecule has 6 nitrogen and oxygen atoms in total. The van der Waals surface area contributed by atoms with Crippen LogP contribution in [0, 0.1) is 6.92 Å². The number of aromatic nitrogens is 1. The lowest BCUT2D eigenvalue weighted by Gasteiger charge is -2.12. The first-order valence-corrected chi connectivity index (χ1v) is 12.5. The second-order valence-corrected chi connectivity index (χ2v) is 9.26. The van der Waals surface area contributed by atoms with E-state index in [2.05, 4.69) is 5.32 Å². The molecule has 1 amide bonds. The molecule has 6 aromatic rings. The summed E-state index contributed by atoms with van der Waals surface area (Å²) < 4.78 is 11.4. The molecule has 1 N–H and O–H groups in total. The summed E-state index contributed by atoms with van der Waals surface area (Å²) in [5, 5.41) is 4.34. The average molecular weight is 513 g/mol. The highest BCUT2D eigenvalue weighted by molar-refractivity contribution is 6.21. The standard InChI is InChI=1S/C33H24N2O4/c1-20-14-16-21(17-15-20)31(36)32-30(25-11-4-6-13-29(25)39-32)35-33(37)26-19-28(22-8-7-9-23(18-22)38-2)34-27-12-5-3-10-24(26)27/h3-19H,1-2H3,(H,35,37). The molecular formula is C33H24N2O4. The molecule has 6 rings (SSSR count). The fraction of sp³-hybridized carbons (Fsp3) is 0.0606. The summed E-state index contributed by atoms with van der Waals surface area (Å²) in [6.07, 6.45) is 0. The molecule has 0 aliphatic carbocycles. The van der Waals surface area contributed by atoms with Gasteiger partial charge in [-0.15, -0.1) is 0 Å². The molecule has 0 saturated carbocycles. The van der Waals surface area contributed by atoms with Gasteiger partial charge in [-0.25, -0.2) is 4.98 Å². The number of rotatable bonds is 6. The van der Waals surface area contributed by atoms with Gasteiger partial charge in [0.2, 0.25) is 5.78 Å². The molecule has 0 bridgehead atoms. The number of amides is 1. The first-order chi connectivity index (χ1) is 19.0. The number of aryl methyl sites for hydroxylation is 1. The van der Waals surface area contributed by atoms with E-state index in [1.165, 1.54) is 0 Å². The van der Waals surface area contributed by atoms with E-state index in [4.69, 9.17) is 14.1 Å². The van der Waals surface area contributed by atoms with Gasteiger partial charge in [0.25, 0.3) is 5.91 Å². The van der Waals surface area contributed by atoms with Crippen LogP contribution >= 0.6 is 0 Å². The first kappa shape index (κ1) is 24.1. The van der Waals surface area contributed by atoms with Crippen LogP contribution in [0.25, 0.3) is 33.1 Å². The van der Waals surface area contributed by atoms with Gasteiger partial charge in [-0.1, -0.05) is 72.3 Å². The number of carbonyl (C=O) groups excluding carboxylic acids is 2. The molecule has 0 aliphatic rings. The number of ether oxygens (including phenoxy) is 1. The van der Waals surface area contributed by atoms with Crippen LogP contribution in [0.2, 0.25) is 0 Å². The second kappa shape index (κ2) is 9.91. The number of para-hydroxylation sites is 2. The van der Waals surface area contributed by atoms with Gasteiger partial charge < -0.3 is 14.5 Å². The molecule has 4 aromatic carbocycles. The van der Waals surface area contributed by atoms with Crippen LogP contribution < -0.4 is 10.1 Å². The third-order valence-corrected chi connectivity index (χ3v) is 6.68. The Kier molecular flexibility index (Phi) is 6.13. The first-order valence-electron chi connectivity index (χ1n) is 12.5. The zero-order valence-corrected chi connectivity index (χ0v) is 21.4. The minimum Gasteiger partial charge on any atom is -0.497 e. The van der Waals surface area contributed by atoms with Gasteiger partial charge in [0, 0.05) is 21.9 Å². The van der Waals surface area contributed by atoms with E-state index in [9.17, 15) is 9.59 Å². The highest BCUT2D eigenvalue weighted by Gasteiger charge is 2.25. The third kappa shape index (κ3) is 4.53. The van der Waals surface area contributed by atoms with Crippen molar-refractivity contribution >= 4 is 39.2 Å². The summed E-state index contributed by atoms with van der Waals surface area (Å²) in [4.78, 5) is 32.2. The molecule has 0 saturated heterocycles. The lowest BCUT2D eigenvalue weighted by molar-refractivity contribution is 0.101. The number of pyridine rings is 1. The van der Waals surface area contributed by atoms with Gasteiger partial charge in [-0.05, 0) is 43.3 Å². The SMILES string of the molecule is COc1cccc(-c2cc(C(=O)Nc3c(C(=O)c4ccc(C)cc4)oc4ccccc34)c3ccccc3n2)c1. The number of furan rings is 1. The fourth-order valence-corrected chi connectivity index (χ4v) is 4.64. The number of anilines is 1. The van der Waals surface area contributed by atoms with E-state index in [0.717, 1.165) is 11.1 Å². The fourth-order valence-electron chi connectivity index (χ4n) is 4.64. The molecule has 0 fully saturated rings. The predicted molar refractivity (Wildman–Crippen MR) is 153 cm³/mol. The zero-order valence-electron chi connectivity index (χ0n) is 21.4. The molecular weight excluding hydrogens is 488 g/mol. The quantitative estimate of drug-likeness (QED) is 0.234. The second-order valence-electron chi connectivity index (χ2n) is 9.26. The Labute approximate surface area is 224 Å². The predicted octanol–water partition coefficient (Wildman–Crippen LogP) is 7.45. The number of benzene rings is 4. The molecule has 2 aromatic heterocycles. The molecule has 0 unspecified atom stereocenters. The summed E-state index contributed by atoms with van der Waals surface area (Å²) in [6, 6.07) is 31.3. The summed E-state index contributed by atoms with van der Waals surface area (Å²) in [5.41, 5.74) is 4.92. The molecule has 39 heavy (non-hydrogen) atoms. The van der Waals surface area contributed by atoms with Crippen LogP contribution in [0.3, 0.4) is 0 Å². The molecule has 0 radical (unpaired) electrons. The van der Waals surface area contributed by atoms with Gasteiger partial charge in [-0.2, -0.15) is 0 Å². The van der Waals surface area contributed by atoms with Crippen molar-refractivity contribution in [2.24, 2.45) is 0 Å². The van der Waals surface area contributed by atoms with Gasteiger partial charge in [-0.3, -0.25) is 9.59 Å². The van der Waals surface area contributed by atoms with Crippen molar-refractivity contribution < 1.29 is 18.7 Å². The van der Waals surface area contributed by atoms with E-state index < -0.39 is 0 Å². The smallest absolute Gasteiger partial charge is 0.256 e. The minimum atomic E-state index is -0.373. The Balaban J connectivity index is 1.46. The number of hydrogen-bond donors (Lipinski definition) is 1.